The molecular formula is C3H4O2S2. The molecular weight excluding hydrogens is 132 g/mol. The standard InChI is InChI=1S/C3H4O2S2/c1-7-3(6)2(4)5/h3H,1H2,(H-,4,5,6). The number of carbonyl (C=O) groups is 1. The molecule has 0 radical (unpaired) electrons. The van der Waals surface area contributed by atoms with Gasteiger partial charge in [-0.2, -0.15) is 0 Å². The maximum absolute atomic E-state index is 9.68. The highest BCUT2D eigenvalue weighted by molar-refractivity contribution is 7.98. The second kappa shape index (κ2) is 2.98. The van der Waals surface area contributed by atoms with Crippen molar-refractivity contribution in [3.63, 3.8) is 0 Å². The van der Waals surface area contributed by atoms with Crippen molar-refractivity contribution in [2.45, 2.75) is 4.58 Å². The number of hydrogen-bond acceptors (Lipinski definition) is 3. The maximum atomic E-state index is 9.68. The van der Waals surface area contributed by atoms with E-state index in [-0.39, 0.29) is 0 Å². The number of rotatable bonds is 2. The van der Waals surface area contributed by atoms with Crippen LogP contribution < -0.4 is 5.11 Å². The first-order valence-corrected chi connectivity index (χ1v) is 3.04. The van der Waals surface area contributed by atoms with Crippen LogP contribution in [0, 0.1) is 0 Å². The van der Waals surface area contributed by atoms with Gasteiger partial charge in [-0.25, -0.2) is 0 Å². The molecule has 4 heteroatoms. The molecule has 0 heterocycles. The molecule has 1 atom stereocenters. The third-order valence-electron chi connectivity index (χ3n) is 0.360. The summed E-state index contributed by atoms with van der Waals surface area (Å²) in [6.07, 6.45) is 0. The average Bonchev–Trinajstić information content (AvgIpc) is 1.65. The number of hydrogen-bond donors (Lipinski definition) is 1. The van der Waals surface area contributed by atoms with Crippen molar-refractivity contribution in [3.05, 3.63) is 0 Å². The van der Waals surface area contributed by atoms with Crippen molar-refractivity contribution in [2.24, 2.45) is 0 Å². The molecule has 0 aliphatic carbocycles. The molecule has 0 saturated heterocycles. The van der Waals surface area contributed by atoms with E-state index in [2.05, 4.69) is 18.5 Å². The molecule has 0 bridgehead atoms. The quantitative estimate of drug-likeness (QED) is 0.217. The second-order valence-electron chi connectivity index (χ2n) is 0.838. The van der Waals surface area contributed by atoms with Crippen LogP contribution in [0.25, 0.3) is 0 Å². The largest absolute Gasteiger partial charge is 0.543 e. The SMILES string of the molecule is C=[S+]C(S)C(=O)[O-]. The third-order valence-corrected chi connectivity index (χ3v) is 1.53. The Labute approximate surface area is 50.9 Å². The summed E-state index contributed by atoms with van der Waals surface area (Å²) in [5.74, 6) is 2.03. The fourth-order valence-electron chi connectivity index (χ4n) is 0.0680. The van der Waals surface area contributed by atoms with Crippen LogP contribution in [-0.4, -0.2) is 16.4 Å². The van der Waals surface area contributed by atoms with Crippen LogP contribution in [0.15, 0.2) is 0 Å². The minimum atomic E-state index is -1.19. The summed E-state index contributed by atoms with van der Waals surface area (Å²) >= 11 is 4.45. The summed E-state index contributed by atoms with van der Waals surface area (Å²) in [6, 6.07) is 0. The minimum Gasteiger partial charge on any atom is -0.543 e. The first kappa shape index (κ1) is 6.91. The summed E-state index contributed by atoms with van der Waals surface area (Å²) in [5, 5.41) is 9.68. The van der Waals surface area contributed by atoms with Gasteiger partial charge in [0.15, 0.2) is 17.2 Å². The Balaban J connectivity index is 3.55. The first-order chi connectivity index (χ1) is 3.18. The van der Waals surface area contributed by atoms with Crippen LogP contribution in [0.3, 0.4) is 0 Å². The highest BCUT2D eigenvalue weighted by atomic mass is 32.2. The first-order valence-electron chi connectivity index (χ1n) is 1.48. The molecule has 1 unspecified atom stereocenters. The van der Waals surface area contributed by atoms with Crippen molar-refractivity contribution >= 4 is 35.8 Å². The molecule has 40 valence electrons. The van der Waals surface area contributed by atoms with Gasteiger partial charge in [0, 0.05) is 0 Å². The number of carbonyl (C=O) groups excluding carboxylic acids is 1. The molecule has 0 N–H and O–H groups in total. The summed E-state index contributed by atoms with van der Waals surface area (Å²) in [4.78, 5) is 9.68. The Morgan fingerprint density at radius 2 is 2.43 bits per heavy atom. The molecule has 2 nitrogen and oxygen atoms in total. The Kier molecular flexibility index (Phi) is 2.95. The summed E-state index contributed by atoms with van der Waals surface area (Å²) in [5.41, 5.74) is 0. The number of thiol groups is 1. The molecule has 0 amide bonds. The lowest BCUT2D eigenvalue weighted by Crippen LogP contribution is -2.31. The summed E-state index contributed by atoms with van der Waals surface area (Å²) < 4.78 is -0.792. The van der Waals surface area contributed by atoms with Crippen LogP contribution in [0.1, 0.15) is 0 Å². The Hall–Kier alpha value is -0.0900. The van der Waals surface area contributed by atoms with Crippen LogP contribution in [0.5, 0.6) is 0 Å². The highest BCUT2D eigenvalue weighted by Crippen LogP contribution is 1.87. The Morgan fingerprint density at radius 1 is 2.00 bits per heavy atom. The molecule has 0 aromatic carbocycles. The van der Waals surface area contributed by atoms with E-state index in [9.17, 15) is 9.90 Å². The van der Waals surface area contributed by atoms with Crippen molar-refractivity contribution < 1.29 is 9.90 Å². The van der Waals surface area contributed by atoms with Gasteiger partial charge in [-0.15, -0.1) is 12.6 Å². The van der Waals surface area contributed by atoms with Gasteiger partial charge in [0.1, 0.15) is 5.97 Å². The van der Waals surface area contributed by atoms with E-state index in [1.165, 1.54) is 0 Å². The lowest BCUT2D eigenvalue weighted by molar-refractivity contribution is -0.302. The average molecular weight is 136 g/mol. The van der Waals surface area contributed by atoms with Crippen molar-refractivity contribution in [1.82, 2.24) is 0 Å². The number of carboxylic acids is 1. The smallest absolute Gasteiger partial charge is 0.266 e. The van der Waals surface area contributed by atoms with Gasteiger partial charge < -0.3 is 9.90 Å². The van der Waals surface area contributed by atoms with E-state index >= 15 is 0 Å². The predicted molar refractivity (Wildman–Crippen MR) is 32.3 cm³/mol. The van der Waals surface area contributed by atoms with Gasteiger partial charge in [0.2, 0.25) is 0 Å². The molecule has 0 aliphatic rings. The van der Waals surface area contributed by atoms with Gasteiger partial charge in [0.05, 0.1) is 0 Å². The van der Waals surface area contributed by atoms with E-state index in [1.54, 1.807) is 0 Å². The van der Waals surface area contributed by atoms with Gasteiger partial charge >= 0.3 is 0 Å². The van der Waals surface area contributed by atoms with Crippen LogP contribution in [0.4, 0.5) is 0 Å². The van der Waals surface area contributed by atoms with E-state index in [0.29, 0.717) is 0 Å². The molecule has 0 aromatic rings. The highest BCUT2D eigenvalue weighted by Gasteiger charge is 2.07. The van der Waals surface area contributed by atoms with Crippen LogP contribution in [-0.2, 0) is 16.1 Å². The number of carboxylic acid groups (broad SMARTS) is 1. The minimum absolute atomic E-state index is 0.792. The zero-order valence-electron chi connectivity index (χ0n) is 3.46. The zero-order valence-corrected chi connectivity index (χ0v) is 5.17. The number of aliphatic carboxylic acids is 1. The normalized spacial score (nSPS) is 12.7. The van der Waals surface area contributed by atoms with Crippen LogP contribution in [0.2, 0.25) is 0 Å². The predicted octanol–water partition coefficient (Wildman–Crippen LogP) is -1.49. The fourth-order valence-corrected chi connectivity index (χ4v) is 0.204. The summed E-state index contributed by atoms with van der Waals surface area (Å²) in [7, 11) is 0. The van der Waals surface area contributed by atoms with Gasteiger partial charge in [-0.3, -0.25) is 0 Å². The van der Waals surface area contributed by atoms with Gasteiger partial charge in [-0.1, -0.05) is 0 Å². The molecule has 0 saturated carbocycles. The third kappa shape index (κ3) is 2.59. The maximum Gasteiger partial charge on any atom is 0.266 e. The molecule has 0 rings (SSSR count). The van der Waals surface area contributed by atoms with Gasteiger partial charge in [0.25, 0.3) is 4.58 Å². The lowest BCUT2D eigenvalue weighted by atomic mass is 10.8. The van der Waals surface area contributed by atoms with Gasteiger partial charge in [-0.05, 0) is 0 Å². The zero-order chi connectivity index (χ0) is 5.86. The topological polar surface area (TPSA) is 40.1 Å². The van der Waals surface area contributed by atoms with Crippen molar-refractivity contribution in [1.29, 1.82) is 0 Å². The van der Waals surface area contributed by atoms with E-state index in [0.717, 1.165) is 11.4 Å². The van der Waals surface area contributed by atoms with Crippen molar-refractivity contribution in [2.75, 3.05) is 0 Å². The Morgan fingerprint density at radius 3 is 2.43 bits per heavy atom. The summed E-state index contributed by atoms with van der Waals surface area (Å²) in [6.45, 7) is 0. The Bertz CT molecular complexity index is 90.9. The molecule has 0 fully saturated rings. The monoisotopic (exact) mass is 136 g/mol. The van der Waals surface area contributed by atoms with E-state index in [1.807, 2.05) is 0 Å². The fraction of sp³-hybridized carbons (Fsp3) is 0.333. The van der Waals surface area contributed by atoms with Crippen LogP contribution >= 0.6 is 12.6 Å². The van der Waals surface area contributed by atoms with E-state index < -0.39 is 10.6 Å². The molecule has 0 aromatic heterocycles. The lowest BCUT2D eigenvalue weighted by Gasteiger charge is -1.91. The van der Waals surface area contributed by atoms with Crippen molar-refractivity contribution in [3.8, 4) is 0 Å². The molecule has 0 spiro atoms. The molecule has 7 heavy (non-hydrogen) atoms. The van der Waals surface area contributed by atoms with E-state index in [4.69, 9.17) is 0 Å². The molecule has 0 aliphatic heterocycles. The second-order valence-corrected chi connectivity index (χ2v) is 2.51.